The van der Waals surface area contributed by atoms with Gasteiger partial charge in [-0.3, -0.25) is 9.78 Å². The molecule has 4 rings (SSSR count). The van der Waals surface area contributed by atoms with Gasteiger partial charge in [0.25, 0.3) is 0 Å². The number of rotatable bonds is 6. The number of ether oxygens (including phenoxy) is 2. The maximum absolute atomic E-state index is 12.4. The van der Waals surface area contributed by atoms with Gasteiger partial charge in [0.05, 0.1) is 19.9 Å². The molecular formula is C20H22N2O4. The van der Waals surface area contributed by atoms with E-state index in [0.29, 0.717) is 44.1 Å². The number of hydrogen-bond donors (Lipinski definition) is 0. The number of likely N-dealkylation sites (tertiary alicyclic amines) is 1. The topological polar surface area (TPSA) is 64.8 Å². The highest BCUT2D eigenvalue weighted by Crippen LogP contribution is 2.41. The molecule has 1 aliphatic rings. The summed E-state index contributed by atoms with van der Waals surface area (Å²) in [5.74, 6) is 0.997. The zero-order valence-electron chi connectivity index (χ0n) is 15.0. The van der Waals surface area contributed by atoms with E-state index in [0.717, 1.165) is 21.9 Å². The predicted molar refractivity (Wildman–Crippen MR) is 98.5 cm³/mol. The van der Waals surface area contributed by atoms with Gasteiger partial charge in [-0.2, -0.15) is 0 Å². The Hall–Kier alpha value is -2.60. The summed E-state index contributed by atoms with van der Waals surface area (Å²) < 4.78 is 16.9. The zero-order valence-corrected chi connectivity index (χ0v) is 15.0. The van der Waals surface area contributed by atoms with Crippen molar-refractivity contribution in [3.63, 3.8) is 0 Å². The summed E-state index contributed by atoms with van der Waals surface area (Å²) in [5.41, 5.74) is 2.57. The van der Waals surface area contributed by atoms with Gasteiger partial charge in [0.15, 0.2) is 16.9 Å². The summed E-state index contributed by atoms with van der Waals surface area (Å²) in [6.07, 6.45) is 3.98. The summed E-state index contributed by atoms with van der Waals surface area (Å²) in [7, 11) is 1.63. The van der Waals surface area contributed by atoms with E-state index < -0.39 is 0 Å². The first kappa shape index (κ1) is 16.8. The van der Waals surface area contributed by atoms with Crippen molar-refractivity contribution >= 4 is 27.8 Å². The molecular weight excluding hydrogens is 332 g/mol. The fourth-order valence-corrected chi connectivity index (χ4v) is 3.75. The summed E-state index contributed by atoms with van der Waals surface area (Å²) in [6.45, 7) is 4.54. The van der Waals surface area contributed by atoms with Gasteiger partial charge in [-0.05, 0) is 24.6 Å². The van der Waals surface area contributed by atoms with E-state index in [1.807, 2.05) is 24.0 Å². The van der Waals surface area contributed by atoms with E-state index in [9.17, 15) is 4.79 Å². The van der Waals surface area contributed by atoms with E-state index in [1.54, 1.807) is 19.5 Å². The van der Waals surface area contributed by atoms with Crippen LogP contribution in [0.3, 0.4) is 0 Å². The first-order chi connectivity index (χ1) is 12.7. The summed E-state index contributed by atoms with van der Waals surface area (Å²) >= 11 is 0. The van der Waals surface area contributed by atoms with Gasteiger partial charge in [0, 0.05) is 49.0 Å². The smallest absolute Gasteiger partial charge is 0.223 e. The van der Waals surface area contributed by atoms with E-state index in [2.05, 4.69) is 11.1 Å². The molecule has 0 saturated carbocycles. The standard InChI is InChI=1S/C20H22N2O4/c1-3-25-9-8-22-12-13(10-18(22)23)14-4-5-16(24-2)20-19(14)15-6-7-21-11-17(15)26-20/h4-7,11,13H,3,8-10,12H2,1-2H3. The molecule has 0 N–H and O–H groups in total. The molecule has 1 atom stereocenters. The summed E-state index contributed by atoms with van der Waals surface area (Å²) in [4.78, 5) is 18.5. The molecule has 1 aromatic carbocycles. The highest BCUT2D eigenvalue weighted by atomic mass is 16.5. The Morgan fingerprint density at radius 3 is 3.04 bits per heavy atom. The number of carbonyl (C=O) groups excluding carboxylic acids is 1. The number of fused-ring (bicyclic) bond motifs is 3. The van der Waals surface area contributed by atoms with Crippen molar-refractivity contribution in [3.05, 3.63) is 36.2 Å². The van der Waals surface area contributed by atoms with Gasteiger partial charge < -0.3 is 18.8 Å². The van der Waals surface area contributed by atoms with E-state index in [4.69, 9.17) is 13.9 Å². The molecule has 0 spiro atoms. The minimum Gasteiger partial charge on any atom is -0.493 e. The van der Waals surface area contributed by atoms with E-state index in [1.165, 1.54) is 0 Å². The molecule has 0 aliphatic carbocycles. The molecule has 6 heteroatoms. The molecule has 6 nitrogen and oxygen atoms in total. The van der Waals surface area contributed by atoms with E-state index >= 15 is 0 Å². The maximum Gasteiger partial charge on any atom is 0.223 e. The minimum absolute atomic E-state index is 0.131. The van der Waals surface area contributed by atoms with Crippen LogP contribution in [0.25, 0.3) is 21.9 Å². The van der Waals surface area contributed by atoms with Crippen LogP contribution < -0.4 is 4.74 Å². The predicted octanol–water partition coefficient (Wildman–Crippen LogP) is 3.34. The molecule has 1 fully saturated rings. The van der Waals surface area contributed by atoms with Crippen LogP contribution >= 0.6 is 0 Å². The summed E-state index contributed by atoms with van der Waals surface area (Å²) in [5, 5.41) is 2.02. The lowest BCUT2D eigenvalue weighted by Crippen LogP contribution is -2.29. The lowest BCUT2D eigenvalue weighted by molar-refractivity contribution is -0.128. The molecule has 26 heavy (non-hydrogen) atoms. The summed E-state index contributed by atoms with van der Waals surface area (Å²) in [6, 6.07) is 5.93. The molecule has 3 heterocycles. The Bertz CT molecular complexity index is 950. The van der Waals surface area contributed by atoms with Crippen LogP contribution in [0.15, 0.2) is 35.0 Å². The Morgan fingerprint density at radius 2 is 2.23 bits per heavy atom. The molecule has 136 valence electrons. The van der Waals surface area contributed by atoms with Gasteiger partial charge in [-0.15, -0.1) is 0 Å². The lowest BCUT2D eigenvalue weighted by Gasteiger charge is -2.17. The molecule has 1 unspecified atom stereocenters. The number of pyridine rings is 1. The fraction of sp³-hybridized carbons (Fsp3) is 0.400. The van der Waals surface area contributed by atoms with Crippen molar-refractivity contribution in [2.45, 2.75) is 19.3 Å². The van der Waals surface area contributed by atoms with Crippen molar-refractivity contribution in [2.75, 3.05) is 33.4 Å². The number of furan rings is 1. The van der Waals surface area contributed by atoms with Crippen LogP contribution in [0.4, 0.5) is 0 Å². The molecule has 3 aromatic rings. The molecule has 1 aliphatic heterocycles. The number of nitrogens with zero attached hydrogens (tertiary/aromatic N) is 2. The quantitative estimate of drug-likeness (QED) is 0.635. The number of methoxy groups -OCH3 is 1. The van der Waals surface area contributed by atoms with Crippen molar-refractivity contribution in [3.8, 4) is 5.75 Å². The van der Waals surface area contributed by atoms with E-state index in [-0.39, 0.29) is 11.8 Å². The number of hydrogen-bond acceptors (Lipinski definition) is 5. The normalized spacial score (nSPS) is 17.5. The third-order valence-corrected chi connectivity index (χ3v) is 5.00. The second-order valence-electron chi connectivity index (χ2n) is 6.47. The molecule has 0 radical (unpaired) electrons. The van der Waals surface area contributed by atoms with Gasteiger partial charge in [-0.25, -0.2) is 0 Å². The van der Waals surface area contributed by atoms with Gasteiger partial charge >= 0.3 is 0 Å². The molecule has 0 bridgehead atoms. The Morgan fingerprint density at radius 1 is 1.35 bits per heavy atom. The SMILES string of the molecule is CCOCCN1CC(c2ccc(OC)c3oc4cnccc4c23)CC1=O. The third-order valence-electron chi connectivity index (χ3n) is 5.00. The van der Waals surface area contributed by atoms with Crippen LogP contribution in [-0.2, 0) is 9.53 Å². The minimum atomic E-state index is 0.131. The van der Waals surface area contributed by atoms with Crippen LogP contribution in [0.5, 0.6) is 5.75 Å². The molecule has 1 saturated heterocycles. The molecule has 2 aromatic heterocycles. The largest absolute Gasteiger partial charge is 0.493 e. The van der Waals surface area contributed by atoms with Crippen molar-refractivity contribution in [1.82, 2.24) is 9.88 Å². The van der Waals surface area contributed by atoms with Crippen molar-refractivity contribution in [2.24, 2.45) is 0 Å². The first-order valence-corrected chi connectivity index (χ1v) is 8.91. The van der Waals surface area contributed by atoms with Gasteiger partial charge in [0.2, 0.25) is 5.91 Å². The van der Waals surface area contributed by atoms with Crippen LogP contribution in [-0.4, -0.2) is 49.2 Å². The van der Waals surface area contributed by atoms with Crippen LogP contribution in [0.2, 0.25) is 0 Å². The fourth-order valence-electron chi connectivity index (χ4n) is 3.75. The van der Waals surface area contributed by atoms with Crippen molar-refractivity contribution in [1.29, 1.82) is 0 Å². The number of benzene rings is 1. The highest BCUT2D eigenvalue weighted by Gasteiger charge is 2.32. The number of amides is 1. The zero-order chi connectivity index (χ0) is 18.1. The maximum atomic E-state index is 12.4. The Balaban J connectivity index is 1.74. The first-order valence-electron chi connectivity index (χ1n) is 8.91. The second kappa shape index (κ2) is 6.96. The number of aromatic nitrogens is 1. The van der Waals surface area contributed by atoms with Crippen LogP contribution in [0.1, 0.15) is 24.8 Å². The Labute approximate surface area is 151 Å². The molecule has 1 amide bonds. The van der Waals surface area contributed by atoms with Crippen LogP contribution in [0, 0.1) is 0 Å². The lowest BCUT2D eigenvalue weighted by atomic mass is 9.93. The van der Waals surface area contributed by atoms with Gasteiger partial charge in [0.1, 0.15) is 0 Å². The third kappa shape index (κ3) is 2.80. The average Bonchev–Trinajstić information content (AvgIpc) is 3.22. The number of carbonyl (C=O) groups is 1. The van der Waals surface area contributed by atoms with Crippen molar-refractivity contribution < 1.29 is 18.7 Å². The Kier molecular flexibility index (Phi) is 4.51. The highest BCUT2D eigenvalue weighted by molar-refractivity contribution is 6.08. The average molecular weight is 354 g/mol. The second-order valence-corrected chi connectivity index (χ2v) is 6.47. The van der Waals surface area contributed by atoms with Gasteiger partial charge in [-0.1, -0.05) is 6.07 Å². The monoisotopic (exact) mass is 354 g/mol.